The van der Waals surface area contributed by atoms with E-state index >= 15 is 0 Å². The first-order chi connectivity index (χ1) is 9.22. The summed E-state index contributed by atoms with van der Waals surface area (Å²) in [7, 11) is 0. The van der Waals surface area contributed by atoms with Gasteiger partial charge >= 0.3 is 0 Å². The van der Waals surface area contributed by atoms with Crippen molar-refractivity contribution >= 4 is 39.1 Å². The minimum Gasteiger partial charge on any atom is -0.359 e. The van der Waals surface area contributed by atoms with Crippen molar-refractivity contribution in [1.29, 1.82) is 0 Å². The third-order valence-electron chi connectivity index (χ3n) is 2.75. The smallest absolute Gasteiger partial charge is 0.249 e. The molecule has 0 saturated carbocycles. The first-order valence-electron chi connectivity index (χ1n) is 5.65. The fourth-order valence-electron chi connectivity index (χ4n) is 1.76. The Kier molecular flexibility index (Phi) is 3.05. The van der Waals surface area contributed by atoms with Crippen LogP contribution in [0.2, 0.25) is 0 Å². The van der Waals surface area contributed by atoms with Gasteiger partial charge in [0.05, 0.1) is 0 Å². The van der Waals surface area contributed by atoms with E-state index in [9.17, 15) is 5.21 Å². The minimum absolute atomic E-state index is 0.400. The van der Waals surface area contributed by atoms with E-state index in [1.165, 1.54) is 0 Å². The lowest BCUT2D eigenvalue weighted by atomic mass is 10.1. The minimum atomic E-state index is 0.400. The topological polar surface area (TPSA) is 53.0 Å². The van der Waals surface area contributed by atoms with Gasteiger partial charge in [0.1, 0.15) is 0 Å². The summed E-state index contributed by atoms with van der Waals surface area (Å²) in [6, 6.07) is 13.4. The molecule has 19 heavy (non-hydrogen) atoms. The maximum Gasteiger partial charge on any atom is 0.249 e. The Hall–Kier alpha value is -2.14. The van der Waals surface area contributed by atoms with E-state index in [1.54, 1.807) is 6.07 Å². The van der Waals surface area contributed by atoms with E-state index in [0.717, 1.165) is 15.6 Å². The largest absolute Gasteiger partial charge is 0.359 e. The van der Waals surface area contributed by atoms with Crippen LogP contribution in [0, 0.1) is 5.21 Å². The van der Waals surface area contributed by atoms with Crippen molar-refractivity contribution in [2.75, 3.05) is 0 Å². The van der Waals surface area contributed by atoms with Gasteiger partial charge in [-0.25, -0.2) is 0 Å². The molecule has 1 aromatic heterocycles. The highest BCUT2D eigenvalue weighted by Crippen LogP contribution is 2.15. The Bertz CT molecular complexity index is 748. The number of halogens is 1. The van der Waals surface area contributed by atoms with Crippen LogP contribution < -0.4 is 4.90 Å². The highest BCUT2D eigenvalue weighted by atomic mass is 79.9. The predicted octanol–water partition coefficient (Wildman–Crippen LogP) is 3.39. The average molecular weight is 317 g/mol. The number of aromatic nitrogens is 2. The van der Waals surface area contributed by atoms with Crippen molar-refractivity contribution in [3.63, 3.8) is 0 Å². The van der Waals surface area contributed by atoms with Crippen LogP contribution in [0.3, 0.4) is 0 Å². The molecule has 0 spiro atoms. The third kappa shape index (κ3) is 2.51. The maximum absolute atomic E-state index is 11.2. The van der Waals surface area contributed by atoms with Gasteiger partial charge in [-0.15, -0.1) is 0 Å². The lowest BCUT2D eigenvalue weighted by Gasteiger charge is -1.94. The fraction of sp³-hybridized carbons (Fsp3) is 0. The maximum atomic E-state index is 11.2. The summed E-state index contributed by atoms with van der Waals surface area (Å²) < 4.78 is 5.58. The number of hydrogen-bond acceptors (Lipinski definition) is 3. The second kappa shape index (κ2) is 4.85. The number of fused-ring (bicyclic) bond motifs is 1. The van der Waals surface area contributed by atoms with Crippen molar-refractivity contribution in [2.24, 2.45) is 0 Å². The molecule has 0 saturated heterocycles. The molecule has 4 nitrogen and oxygen atoms in total. The predicted molar refractivity (Wildman–Crippen MR) is 76.0 cm³/mol. The molecule has 0 amide bonds. The Balaban J connectivity index is 1.90. The van der Waals surface area contributed by atoms with Gasteiger partial charge in [-0.2, -0.15) is 0 Å². The summed E-state index contributed by atoms with van der Waals surface area (Å²) in [6.45, 7) is 0. The van der Waals surface area contributed by atoms with Crippen molar-refractivity contribution < 1.29 is 9.53 Å². The van der Waals surface area contributed by atoms with Crippen LogP contribution in [0.15, 0.2) is 51.6 Å². The summed E-state index contributed by atoms with van der Waals surface area (Å²) in [5.74, 6) is 0. The monoisotopic (exact) mass is 316 g/mol. The van der Waals surface area contributed by atoms with E-state index in [-0.39, 0.29) is 0 Å². The molecule has 0 aliphatic rings. The third-order valence-corrected chi connectivity index (χ3v) is 3.28. The molecular weight excluding hydrogens is 308 g/mol. The lowest BCUT2D eigenvalue weighted by molar-refractivity contribution is -0.782. The highest BCUT2D eigenvalue weighted by Gasteiger charge is 2.07. The average Bonchev–Trinajstić information content (AvgIpc) is 2.79. The second-order valence-electron chi connectivity index (χ2n) is 4.06. The standard InChI is InChI=1S/C14H9BrN2O2/c15-12-6-3-10(4-7-12)1-2-11-5-8-14-13(9-11)16-19-17(14)18/h1-9H/b2-1+. The summed E-state index contributed by atoms with van der Waals surface area (Å²) >= 11 is 3.40. The molecule has 0 unspecified atom stereocenters. The number of nitrogens with zero attached hydrogens (tertiary/aromatic N) is 2. The zero-order valence-corrected chi connectivity index (χ0v) is 11.4. The Morgan fingerprint density at radius 3 is 2.53 bits per heavy atom. The van der Waals surface area contributed by atoms with Gasteiger partial charge in [-0.3, -0.25) is 4.63 Å². The summed E-state index contributed by atoms with van der Waals surface area (Å²) in [4.78, 5) is 0.400. The zero-order valence-electron chi connectivity index (χ0n) is 9.79. The number of benzene rings is 2. The van der Waals surface area contributed by atoms with E-state index in [1.807, 2.05) is 48.6 Å². The van der Waals surface area contributed by atoms with E-state index in [4.69, 9.17) is 0 Å². The highest BCUT2D eigenvalue weighted by molar-refractivity contribution is 9.10. The van der Waals surface area contributed by atoms with Crippen LogP contribution in [-0.2, 0) is 0 Å². The molecular formula is C14H9BrN2O2. The van der Waals surface area contributed by atoms with Crippen LogP contribution in [0.5, 0.6) is 0 Å². The second-order valence-corrected chi connectivity index (χ2v) is 4.98. The Morgan fingerprint density at radius 1 is 1.05 bits per heavy atom. The molecule has 0 aliphatic heterocycles. The van der Waals surface area contributed by atoms with Gasteiger partial charge in [0.25, 0.3) is 0 Å². The van der Waals surface area contributed by atoms with Crippen molar-refractivity contribution in [2.45, 2.75) is 0 Å². The molecule has 0 bridgehead atoms. The fourth-order valence-corrected chi connectivity index (χ4v) is 2.03. The molecule has 5 heteroatoms. The van der Waals surface area contributed by atoms with Gasteiger partial charge in [-0.05, 0) is 34.2 Å². The van der Waals surface area contributed by atoms with E-state index in [0.29, 0.717) is 15.9 Å². The SMILES string of the molecule is [O-][n+]1onc2cc(/C=C/c3ccc(Br)cc3)ccc21. The lowest BCUT2D eigenvalue weighted by Crippen LogP contribution is -2.22. The van der Waals surface area contributed by atoms with Gasteiger partial charge in [0.2, 0.25) is 11.0 Å². The van der Waals surface area contributed by atoms with Crippen LogP contribution in [0.4, 0.5) is 0 Å². The molecule has 2 aromatic carbocycles. The van der Waals surface area contributed by atoms with E-state index in [2.05, 4.69) is 25.7 Å². The van der Waals surface area contributed by atoms with Crippen LogP contribution in [-0.4, -0.2) is 5.16 Å². The Morgan fingerprint density at radius 2 is 1.74 bits per heavy atom. The molecule has 0 aliphatic carbocycles. The van der Waals surface area contributed by atoms with Crippen molar-refractivity contribution in [1.82, 2.24) is 5.16 Å². The zero-order chi connectivity index (χ0) is 13.2. The van der Waals surface area contributed by atoms with Crippen LogP contribution >= 0.6 is 15.9 Å². The van der Waals surface area contributed by atoms with Crippen molar-refractivity contribution in [3.8, 4) is 0 Å². The quantitative estimate of drug-likeness (QED) is 0.538. The summed E-state index contributed by atoms with van der Waals surface area (Å²) in [6.07, 6.45) is 3.96. The number of hydrogen-bond donors (Lipinski definition) is 0. The molecule has 3 aromatic rings. The Labute approximate surface area is 117 Å². The first kappa shape index (κ1) is 11.9. The van der Waals surface area contributed by atoms with Gasteiger partial charge in [0.15, 0.2) is 0 Å². The number of rotatable bonds is 2. The molecule has 0 fully saturated rings. The van der Waals surface area contributed by atoms with Gasteiger partial charge < -0.3 is 5.21 Å². The molecule has 3 rings (SSSR count). The summed E-state index contributed by atoms with van der Waals surface area (Å²) in [5.41, 5.74) is 3.04. The first-order valence-corrected chi connectivity index (χ1v) is 6.45. The van der Waals surface area contributed by atoms with Crippen LogP contribution in [0.1, 0.15) is 11.1 Å². The summed E-state index contributed by atoms with van der Waals surface area (Å²) in [5, 5.41) is 14.8. The molecule has 94 valence electrons. The van der Waals surface area contributed by atoms with E-state index < -0.39 is 0 Å². The molecule has 0 radical (unpaired) electrons. The molecule has 0 atom stereocenters. The van der Waals surface area contributed by atoms with Crippen molar-refractivity contribution in [3.05, 3.63) is 63.3 Å². The molecule has 1 heterocycles. The normalized spacial score (nSPS) is 11.4. The van der Waals surface area contributed by atoms with Gasteiger partial charge in [0, 0.05) is 15.7 Å². The van der Waals surface area contributed by atoms with Crippen LogP contribution in [0.25, 0.3) is 23.2 Å². The van der Waals surface area contributed by atoms with Gasteiger partial charge in [-0.1, -0.05) is 46.3 Å². The molecule has 0 N–H and O–H groups in total.